The fourth-order valence-corrected chi connectivity index (χ4v) is 4.93. The number of carbonyl (C=O) groups is 2. The first kappa shape index (κ1) is 19.0. The summed E-state index contributed by atoms with van der Waals surface area (Å²) in [5, 5.41) is 1.01. The van der Waals surface area contributed by atoms with E-state index in [4.69, 9.17) is 9.72 Å². The van der Waals surface area contributed by atoms with Crippen LogP contribution in [0.4, 0.5) is 9.93 Å². The molecule has 0 spiro atoms. The molecule has 2 aliphatic rings. The number of anilines is 1. The minimum Gasteiger partial charge on any atom is -0.450 e. The van der Waals surface area contributed by atoms with E-state index in [1.165, 1.54) is 4.70 Å². The number of nitrogens with zero attached hydrogens (tertiary/aromatic N) is 4. The largest absolute Gasteiger partial charge is 0.450 e. The van der Waals surface area contributed by atoms with E-state index in [2.05, 4.69) is 11.0 Å². The van der Waals surface area contributed by atoms with Gasteiger partial charge in [-0.1, -0.05) is 23.5 Å². The van der Waals surface area contributed by atoms with Gasteiger partial charge in [-0.25, -0.2) is 9.78 Å². The van der Waals surface area contributed by atoms with Crippen molar-refractivity contribution in [3.8, 4) is 0 Å². The number of aromatic nitrogens is 1. The molecule has 8 heteroatoms. The van der Waals surface area contributed by atoms with E-state index in [1.54, 1.807) is 23.2 Å². The Kier molecular flexibility index (Phi) is 5.66. The predicted octanol–water partition coefficient (Wildman–Crippen LogP) is 2.81. The number of carbonyl (C=O) groups excluding carboxylic acids is 2. The van der Waals surface area contributed by atoms with Gasteiger partial charge in [0.15, 0.2) is 5.13 Å². The van der Waals surface area contributed by atoms with Crippen molar-refractivity contribution in [1.29, 1.82) is 0 Å². The van der Waals surface area contributed by atoms with Crippen molar-refractivity contribution in [1.82, 2.24) is 14.8 Å². The molecule has 1 aromatic heterocycles. The number of hydrogen-bond donors (Lipinski definition) is 0. The topological polar surface area (TPSA) is 66.0 Å². The van der Waals surface area contributed by atoms with Gasteiger partial charge < -0.3 is 19.4 Å². The predicted molar refractivity (Wildman–Crippen MR) is 110 cm³/mol. The Morgan fingerprint density at radius 2 is 1.89 bits per heavy atom. The van der Waals surface area contributed by atoms with Crippen LogP contribution in [0.2, 0.25) is 0 Å². The summed E-state index contributed by atoms with van der Waals surface area (Å²) in [6.07, 6.45) is 1.63. The number of fused-ring (bicyclic) bond motifs is 1. The SMILES string of the molecule is CCOC(=O)N1CCN(C(=O)C2CCCN(c3nc4ccccc4s3)C2)CC1. The van der Waals surface area contributed by atoms with Crippen molar-refractivity contribution in [3.05, 3.63) is 24.3 Å². The third-order valence-corrected chi connectivity index (χ3v) is 6.54. The van der Waals surface area contributed by atoms with Crippen molar-refractivity contribution >= 4 is 38.7 Å². The Morgan fingerprint density at radius 3 is 2.64 bits per heavy atom. The summed E-state index contributed by atoms with van der Waals surface area (Å²) in [7, 11) is 0. The van der Waals surface area contributed by atoms with Crippen molar-refractivity contribution in [2.45, 2.75) is 19.8 Å². The maximum atomic E-state index is 13.1. The number of piperidine rings is 1. The zero-order valence-electron chi connectivity index (χ0n) is 16.2. The average Bonchev–Trinajstić information content (AvgIpc) is 3.18. The number of thiazole rings is 1. The van der Waals surface area contributed by atoms with Crippen LogP contribution < -0.4 is 4.90 Å². The molecule has 4 rings (SSSR count). The van der Waals surface area contributed by atoms with Crippen LogP contribution >= 0.6 is 11.3 Å². The zero-order valence-corrected chi connectivity index (χ0v) is 17.0. The number of amides is 2. The lowest BCUT2D eigenvalue weighted by molar-refractivity contribution is -0.137. The summed E-state index contributed by atoms with van der Waals surface area (Å²) in [5.74, 6) is 0.198. The first-order valence-electron chi connectivity index (χ1n) is 9.96. The first-order valence-corrected chi connectivity index (χ1v) is 10.8. The van der Waals surface area contributed by atoms with Gasteiger partial charge >= 0.3 is 6.09 Å². The lowest BCUT2D eigenvalue weighted by Crippen LogP contribution is -2.53. The van der Waals surface area contributed by atoms with Crippen LogP contribution in [0.15, 0.2) is 24.3 Å². The first-order chi connectivity index (χ1) is 13.7. The number of rotatable bonds is 3. The summed E-state index contributed by atoms with van der Waals surface area (Å²) in [4.78, 5) is 35.5. The van der Waals surface area contributed by atoms with Crippen LogP contribution in [0.5, 0.6) is 0 Å². The van der Waals surface area contributed by atoms with Gasteiger partial charge in [0.2, 0.25) is 5.91 Å². The van der Waals surface area contributed by atoms with E-state index in [-0.39, 0.29) is 17.9 Å². The molecule has 2 aliphatic heterocycles. The molecule has 0 radical (unpaired) electrons. The van der Waals surface area contributed by atoms with Crippen LogP contribution in [-0.4, -0.2) is 72.7 Å². The molecule has 1 atom stereocenters. The van der Waals surface area contributed by atoms with E-state index in [1.807, 2.05) is 23.1 Å². The highest BCUT2D eigenvalue weighted by Crippen LogP contribution is 2.32. The molecule has 0 aliphatic carbocycles. The smallest absolute Gasteiger partial charge is 0.409 e. The minimum atomic E-state index is -0.283. The Morgan fingerprint density at radius 1 is 1.14 bits per heavy atom. The maximum absolute atomic E-state index is 13.1. The van der Waals surface area contributed by atoms with E-state index in [9.17, 15) is 9.59 Å². The zero-order chi connectivity index (χ0) is 19.5. The standard InChI is InChI=1S/C20H26N4O3S/c1-2-27-20(26)23-12-10-22(11-13-23)18(25)15-6-5-9-24(14-15)19-21-16-7-3-4-8-17(16)28-19/h3-4,7-8,15H,2,5-6,9-14H2,1H3. The van der Waals surface area contributed by atoms with Gasteiger partial charge in [-0.3, -0.25) is 4.79 Å². The van der Waals surface area contributed by atoms with E-state index in [0.29, 0.717) is 32.8 Å². The van der Waals surface area contributed by atoms with Gasteiger partial charge in [-0.2, -0.15) is 0 Å². The molecule has 2 amide bonds. The van der Waals surface area contributed by atoms with Crippen LogP contribution in [0.3, 0.4) is 0 Å². The normalized spacial score (nSPS) is 20.5. The van der Waals surface area contributed by atoms with Crippen molar-refractivity contribution in [3.63, 3.8) is 0 Å². The third-order valence-electron chi connectivity index (χ3n) is 5.44. The summed E-state index contributed by atoms with van der Waals surface area (Å²) in [6, 6.07) is 8.16. The van der Waals surface area contributed by atoms with Gasteiger partial charge in [0.05, 0.1) is 22.7 Å². The Bertz CT molecular complexity index is 814. The number of benzene rings is 1. The molecule has 2 saturated heterocycles. The highest BCUT2D eigenvalue weighted by molar-refractivity contribution is 7.22. The average molecular weight is 403 g/mol. The number of para-hydroxylation sites is 1. The molecule has 1 aromatic carbocycles. The lowest BCUT2D eigenvalue weighted by Gasteiger charge is -2.38. The number of hydrogen-bond acceptors (Lipinski definition) is 6. The molecule has 7 nitrogen and oxygen atoms in total. The van der Waals surface area contributed by atoms with Crippen LogP contribution in [0.1, 0.15) is 19.8 Å². The molecular formula is C20H26N4O3S. The van der Waals surface area contributed by atoms with Crippen LogP contribution in [0, 0.1) is 5.92 Å². The minimum absolute atomic E-state index is 0.00472. The second-order valence-electron chi connectivity index (χ2n) is 7.26. The summed E-state index contributed by atoms with van der Waals surface area (Å²) >= 11 is 1.69. The Hall–Kier alpha value is -2.35. The molecule has 150 valence electrons. The Balaban J connectivity index is 1.36. The summed E-state index contributed by atoms with van der Waals surface area (Å²) in [5.41, 5.74) is 1.02. The van der Waals surface area contributed by atoms with E-state index >= 15 is 0 Å². The molecule has 28 heavy (non-hydrogen) atoms. The van der Waals surface area contributed by atoms with Gasteiger partial charge in [0.1, 0.15) is 0 Å². The second kappa shape index (κ2) is 8.34. The second-order valence-corrected chi connectivity index (χ2v) is 8.27. The molecule has 2 fully saturated rings. The number of ether oxygens (including phenoxy) is 1. The molecule has 2 aromatic rings. The fraction of sp³-hybridized carbons (Fsp3) is 0.550. The van der Waals surface area contributed by atoms with Gasteiger partial charge in [-0.05, 0) is 31.9 Å². The van der Waals surface area contributed by atoms with Crippen LogP contribution in [0.25, 0.3) is 10.2 Å². The molecule has 0 N–H and O–H groups in total. The summed E-state index contributed by atoms with van der Waals surface area (Å²) < 4.78 is 6.23. The van der Waals surface area contributed by atoms with Crippen molar-refractivity contribution in [2.24, 2.45) is 5.92 Å². The van der Waals surface area contributed by atoms with E-state index in [0.717, 1.165) is 36.6 Å². The van der Waals surface area contributed by atoms with Crippen LogP contribution in [-0.2, 0) is 9.53 Å². The third kappa shape index (κ3) is 3.92. The highest BCUT2D eigenvalue weighted by atomic mass is 32.1. The van der Waals surface area contributed by atoms with E-state index < -0.39 is 0 Å². The Labute approximate surface area is 168 Å². The maximum Gasteiger partial charge on any atom is 0.409 e. The lowest BCUT2D eigenvalue weighted by atomic mass is 9.96. The molecular weight excluding hydrogens is 376 g/mol. The highest BCUT2D eigenvalue weighted by Gasteiger charge is 2.32. The quantitative estimate of drug-likeness (QED) is 0.790. The van der Waals surface area contributed by atoms with Gasteiger partial charge in [0.25, 0.3) is 0 Å². The molecule has 1 unspecified atom stereocenters. The molecule has 3 heterocycles. The number of piperazine rings is 1. The van der Waals surface area contributed by atoms with Crippen molar-refractivity contribution in [2.75, 3.05) is 50.8 Å². The summed E-state index contributed by atoms with van der Waals surface area (Å²) in [6.45, 7) is 6.08. The van der Waals surface area contributed by atoms with Crippen molar-refractivity contribution < 1.29 is 14.3 Å². The molecule has 0 saturated carbocycles. The van der Waals surface area contributed by atoms with Gasteiger partial charge in [-0.15, -0.1) is 0 Å². The fourth-order valence-electron chi connectivity index (χ4n) is 3.93. The van der Waals surface area contributed by atoms with Gasteiger partial charge in [0, 0.05) is 39.3 Å². The molecule has 0 bridgehead atoms. The monoisotopic (exact) mass is 402 g/mol.